The molecule has 4 saturated heterocycles. The van der Waals surface area contributed by atoms with Crippen LogP contribution in [0.2, 0.25) is 0 Å². The molecule has 4 aliphatic heterocycles. The molecule has 0 spiro atoms. The van der Waals surface area contributed by atoms with E-state index in [1.165, 1.54) is 31.2 Å². The number of allylic oxidation sites excluding steroid dienone is 1. The van der Waals surface area contributed by atoms with Crippen LogP contribution < -0.4 is 59.3 Å². The minimum atomic E-state index is -2.38. The summed E-state index contributed by atoms with van der Waals surface area (Å²) in [5, 5.41) is 163. The van der Waals surface area contributed by atoms with Crippen LogP contribution in [0, 0.1) is 0 Å². The molecule has 0 aliphatic carbocycles. The van der Waals surface area contributed by atoms with E-state index in [2.05, 4.69) is 54.8 Å². The van der Waals surface area contributed by atoms with Gasteiger partial charge in [0, 0.05) is 26.8 Å². The minimum absolute atomic E-state index is 0.00217. The molecule has 4 fully saturated rings. The molecule has 122 heavy (non-hydrogen) atoms. The molecule has 0 saturated carbocycles. The number of nitrogens with two attached hydrogens (primary N) is 2. The predicted molar refractivity (Wildman–Crippen MR) is 423 cm³/mol. The van der Waals surface area contributed by atoms with E-state index in [-0.39, 0.29) is 50.0 Å². The number of phenols is 1. The van der Waals surface area contributed by atoms with Gasteiger partial charge in [-0.2, -0.15) is 0 Å². The van der Waals surface area contributed by atoms with Gasteiger partial charge >= 0.3 is 5.97 Å². The van der Waals surface area contributed by atoms with E-state index in [0.717, 1.165) is 99.1 Å². The third kappa shape index (κ3) is 31.4. The summed E-state index contributed by atoms with van der Waals surface area (Å²) in [5.74, 6) is -15.2. The Kier molecular flexibility index (Phi) is 44.2. The Morgan fingerprint density at radius 1 is 0.664 bits per heavy atom. The first-order chi connectivity index (χ1) is 57.7. The number of carbonyl (C=O) groups excluding carboxylic acids is 12. The van der Waals surface area contributed by atoms with E-state index in [9.17, 15) is 105 Å². The van der Waals surface area contributed by atoms with Crippen molar-refractivity contribution in [1.82, 2.24) is 52.8 Å². The summed E-state index contributed by atoms with van der Waals surface area (Å²) < 4.78 is 40.9. The Labute approximate surface area is 705 Å². The zero-order valence-electron chi connectivity index (χ0n) is 69.9. The Morgan fingerprint density at radius 3 is 1.84 bits per heavy atom. The number of esters is 1. The van der Waals surface area contributed by atoms with Crippen molar-refractivity contribution in [2.75, 3.05) is 40.0 Å². The van der Waals surface area contributed by atoms with Crippen molar-refractivity contribution in [3.8, 4) is 5.75 Å². The maximum Gasteiger partial charge on any atom is 0.328 e. The molecule has 5 rings (SSSR count). The van der Waals surface area contributed by atoms with Crippen LogP contribution in [0.1, 0.15) is 163 Å². The molecule has 20 unspecified atom stereocenters. The first-order valence-corrected chi connectivity index (χ1v) is 41.2. The molecule has 44 heteroatoms. The van der Waals surface area contributed by atoms with Crippen LogP contribution in [0.15, 0.2) is 36.0 Å². The zero-order chi connectivity index (χ0) is 90.9. The number of nitrogens with zero attached hydrogens (tertiary/aromatic N) is 1. The number of likely N-dealkylation sites (N-methyl/N-ethyl adjacent to an activating group) is 1. The number of hydrogen-bond acceptors (Lipinski definition) is 33. The van der Waals surface area contributed by atoms with Gasteiger partial charge in [0.1, 0.15) is 127 Å². The van der Waals surface area contributed by atoms with E-state index in [0.29, 0.717) is 17.7 Å². The number of amides is 11. The van der Waals surface area contributed by atoms with Gasteiger partial charge in [-0.3, -0.25) is 52.7 Å². The lowest BCUT2D eigenvalue weighted by Crippen LogP contribution is -2.67. The van der Waals surface area contributed by atoms with Crippen molar-refractivity contribution in [1.29, 1.82) is 0 Å². The average Bonchev–Trinajstić information content (AvgIpc) is 0.802. The highest BCUT2D eigenvalue weighted by atomic mass is 16.7. The fourth-order valence-electron chi connectivity index (χ4n) is 14.1. The molecule has 44 nitrogen and oxygen atoms in total. The summed E-state index contributed by atoms with van der Waals surface area (Å²) in [4.78, 5) is 172. The van der Waals surface area contributed by atoms with Crippen LogP contribution in [0.25, 0.3) is 0 Å². The molecule has 0 bridgehead atoms. The largest absolute Gasteiger partial charge is 0.508 e. The van der Waals surface area contributed by atoms with E-state index in [1.54, 1.807) is 0 Å². The van der Waals surface area contributed by atoms with Gasteiger partial charge in [-0.25, -0.2) is 4.79 Å². The fraction of sp³-hybridized carbons (Fsp3) is 0.744. The van der Waals surface area contributed by atoms with E-state index in [4.69, 9.17) is 44.6 Å². The number of ether oxygens (including phenoxy) is 7. The smallest absolute Gasteiger partial charge is 0.328 e. The van der Waals surface area contributed by atoms with Crippen molar-refractivity contribution in [3.05, 3.63) is 41.6 Å². The van der Waals surface area contributed by atoms with Crippen LogP contribution in [0.5, 0.6) is 5.75 Å². The molecule has 1 aromatic rings. The Bertz CT molecular complexity index is 3570. The Hall–Kier alpha value is -8.36. The minimum Gasteiger partial charge on any atom is -0.508 e. The lowest BCUT2D eigenvalue weighted by Gasteiger charge is -2.46. The Balaban J connectivity index is 1.61. The molecular formula is C78H128N12O32. The average molecular weight is 1750 g/mol. The molecule has 0 aromatic heterocycles. The molecule has 27 atom stereocenters. The van der Waals surface area contributed by atoms with Gasteiger partial charge in [0.15, 0.2) is 25.0 Å². The van der Waals surface area contributed by atoms with E-state index in [1.807, 2.05) is 0 Å². The van der Waals surface area contributed by atoms with Gasteiger partial charge in [0.25, 0.3) is 11.8 Å². The lowest BCUT2D eigenvalue weighted by molar-refractivity contribution is -0.339. The highest BCUT2D eigenvalue weighted by Gasteiger charge is 2.52. The predicted octanol–water partition coefficient (Wildman–Crippen LogP) is -8.03. The number of hydrogen-bond donors (Lipinski definition) is 24. The number of nitrogens with one attached hydrogen (secondary N) is 9. The SMILES string of the molecule is C/C=C1\NC(=O)[C@@H](Cc2ccc(O)cc2)NC(=O)[C@H]([C@H](C)O)NC(=O)[C@@H](NC(=O)C(NC(=O)C(O)C(CCCCCCCCCCCCC)OC2OCC(O)C(OC3OC(CO)C(O)C(O)C3NC(C)=O)C2O)C(C)O)[C@@H](C)OC(=O)[C@H](CCCCN)NC(=O)C(C(C)OC2OC(CO)C(O)C(O)C2O)N(C)C(=O)CNC(=O)[C@@H](CCC(N)=O)NC1=O. The second kappa shape index (κ2) is 51.8. The van der Waals surface area contributed by atoms with Crippen LogP contribution in [-0.2, 0) is 97.1 Å². The third-order valence-electron chi connectivity index (χ3n) is 21.3. The number of aliphatic hydroxyl groups is 12. The maximum absolute atomic E-state index is 15.3. The van der Waals surface area contributed by atoms with E-state index >= 15 is 19.2 Å². The summed E-state index contributed by atoms with van der Waals surface area (Å²) in [6.45, 7) is 5.07. The van der Waals surface area contributed by atoms with Crippen molar-refractivity contribution < 1.29 is 157 Å². The maximum atomic E-state index is 15.3. The molecule has 4 heterocycles. The quantitative estimate of drug-likeness (QED) is 0.0166. The first kappa shape index (κ1) is 104. The van der Waals surface area contributed by atoms with E-state index < -0.39 is 287 Å². The number of cyclic esters (lactones) is 1. The van der Waals surface area contributed by atoms with Gasteiger partial charge in [0.05, 0.1) is 50.8 Å². The topological polar surface area (TPSA) is 696 Å². The highest BCUT2D eigenvalue weighted by molar-refractivity contribution is 6.02. The Morgan fingerprint density at radius 2 is 1.26 bits per heavy atom. The van der Waals surface area contributed by atoms with Crippen LogP contribution in [0.3, 0.4) is 0 Å². The van der Waals surface area contributed by atoms with Gasteiger partial charge in [-0.05, 0) is 91.0 Å². The molecule has 26 N–H and O–H groups in total. The van der Waals surface area contributed by atoms with Gasteiger partial charge in [0.2, 0.25) is 53.2 Å². The van der Waals surface area contributed by atoms with Crippen molar-refractivity contribution in [2.45, 2.75) is 329 Å². The second-order valence-electron chi connectivity index (χ2n) is 31.0. The molecular weight excluding hydrogens is 1620 g/mol. The number of rotatable bonds is 38. The third-order valence-corrected chi connectivity index (χ3v) is 21.3. The molecule has 11 amide bonds. The molecule has 0 radical (unpaired) electrons. The number of unbranched alkanes of at least 4 members (excludes halogenated alkanes) is 11. The second-order valence-corrected chi connectivity index (χ2v) is 31.0. The normalized spacial score (nSPS) is 31.0. The zero-order valence-corrected chi connectivity index (χ0v) is 69.9. The number of primary amides is 1. The van der Waals surface area contributed by atoms with Crippen molar-refractivity contribution >= 4 is 70.9 Å². The number of aromatic hydroxyl groups is 1. The fourth-order valence-corrected chi connectivity index (χ4v) is 14.1. The highest BCUT2D eigenvalue weighted by Crippen LogP contribution is 2.31. The monoisotopic (exact) mass is 1740 g/mol. The van der Waals surface area contributed by atoms with Crippen LogP contribution >= 0.6 is 0 Å². The number of carbonyl (C=O) groups is 12. The summed E-state index contributed by atoms with van der Waals surface area (Å²) in [7, 11) is 1.02. The summed E-state index contributed by atoms with van der Waals surface area (Å²) >= 11 is 0. The standard InChI is InChI=1S/C78H128N12O32/c1-9-11-12-13-14-15-16-17-18-19-20-24-49(119-77-65(106)66(48(97)36-116-77)122-76-57(82-41(7)95)62(103)59(100)50(34-91)120-76)61(102)74(114)88-55(38(4)94)71(111)89-56-39(5)117-75(115)46(23-21-22-31-79)85-73(113)58(40(6)118-78-64(105)63(104)60(101)51(35-92)121-78)90(8)53(99)33-81-67(107)45(29-30-52(80)98)84-68(108)44(10-2)83-69(109)47(32-42-25-27-43(96)28-26-42)86-70(110)54(37(3)93)87-72(56)112/h10,25-28,37-40,45-51,54-66,76-78,91-94,96-97,100-106H,9,11-24,29-36,79H2,1-8H3,(H2,80,98)(H,81,107)(H,82,95)(H,83,109)(H,84,108)(H,85,113)(H,86,110)(H,87,112)(H,88,114)(H,89,111)/b44-10-/t37-,38?,39+,40?,45+,46-,47+,48?,49?,50?,51?,54-,55?,56-,57?,58?,59?,60?,61?,62?,63?,64?,65?,66?,76?,77?,78?/m0/s1. The number of phenolic OH excluding ortho intramolecular Hbond substituents is 1. The van der Waals surface area contributed by atoms with Crippen molar-refractivity contribution in [2.24, 2.45) is 11.5 Å². The van der Waals surface area contributed by atoms with Gasteiger partial charge in [-0.15, -0.1) is 0 Å². The van der Waals surface area contributed by atoms with Crippen LogP contribution in [-0.4, -0.2) is 347 Å². The summed E-state index contributed by atoms with van der Waals surface area (Å²) in [6, 6.07) is -10.7. The molecule has 4 aliphatic rings. The summed E-state index contributed by atoms with van der Waals surface area (Å²) in [6.07, 6.45) is -27.3. The number of benzene rings is 1. The first-order valence-electron chi connectivity index (χ1n) is 41.2. The van der Waals surface area contributed by atoms with Gasteiger partial charge in [-0.1, -0.05) is 95.8 Å². The van der Waals surface area contributed by atoms with Gasteiger partial charge < -0.3 is 164 Å². The molecule has 692 valence electrons. The lowest BCUT2D eigenvalue weighted by atomic mass is 9.96. The van der Waals surface area contributed by atoms with Crippen molar-refractivity contribution in [3.63, 3.8) is 0 Å². The number of aliphatic hydroxyl groups excluding tert-OH is 12. The van der Waals surface area contributed by atoms with Crippen LogP contribution in [0.4, 0.5) is 0 Å². The molecule has 1 aromatic carbocycles. The summed E-state index contributed by atoms with van der Waals surface area (Å²) in [5.41, 5.74) is 10.9.